The van der Waals surface area contributed by atoms with Crippen LogP contribution in [0.5, 0.6) is 0 Å². The smallest absolute Gasteiger partial charge is 0.168 e. The van der Waals surface area contributed by atoms with Crippen molar-refractivity contribution in [2.75, 3.05) is 6.54 Å². The predicted molar refractivity (Wildman–Crippen MR) is 63.0 cm³/mol. The highest BCUT2D eigenvalue weighted by Crippen LogP contribution is 2.20. The van der Waals surface area contributed by atoms with Crippen molar-refractivity contribution in [2.45, 2.75) is 25.3 Å². The van der Waals surface area contributed by atoms with Gasteiger partial charge in [0.15, 0.2) is 11.5 Å². The lowest BCUT2D eigenvalue weighted by Gasteiger charge is -2.20. The SMILES string of the molecule is O=Cc1ccn2nc(C3CCCCN3)nc2c1. The summed E-state index contributed by atoms with van der Waals surface area (Å²) in [5.41, 5.74) is 1.37. The van der Waals surface area contributed by atoms with Gasteiger partial charge in [-0.15, -0.1) is 5.10 Å². The van der Waals surface area contributed by atoms with Gasteiger partial charge >= 0.3 is 0 Å². The van der Waals surface area contributed by atoms with Gasteiger partial charge in [-0.3, -0.25) is 4.79 Å². The molecule has 1 unspecified atom stereocenters. The molecule has 3 heterocycles. The Morgan fingerprint density at radius 3 is 3.18 bits per heavy atom. The molecule has 88 valence electrons. The average Bonchev–Trinajstić information content (AvgIpc) is 2.82. The van der Waals surface area contributed by atoms with E-state index in [0.717, 1.165) is 30.7 Å². The van der Waals surface area contributed by atoms with E-state index in [1.165, 1.54) is 12.8 Å². The Hall–Kier alpha value is -1.75. The van der Waals surface area contributed by atoms with Crippen LogP contribution in [0.25, 0.3) is 5.65 Å². The van der Waals surface area contributed by atoms with Crippen LogP contribution in [-0.2, 0) is 0 Å². The number of nitrogens with one attached hydrogen (secondary N) is 1. The largest absolute Gasteiger partial charge is 0.307 e. The molecule has 1 aliphatic heterocycles. The van der Waals surface area contributed by atoms with E-state index in [9.17, 15) is 4.79 Å². The van der Waals surface area contributed by atoms with E-state index in [4.69, 9.17) is 0 Å². The lowest BCUT2D eigenvalue weighted by molar-refractivity contribution is 0.112. The summed E-state index contributed by atoms with van der Waals surface area (Å²) in [7, 11) is 0. The molecule has 1 atom stereocenters. The van der Waals surface area contributed by atoms with Gasteiger partial charge in [0, 0.05) is 11.8 Å². The van der Waals surface area contributed by atoms with Crippen molar-refractivity contribution in [2.24, 2.45) is 0 Å². The molecule has 1 fully saturated rings. The van der Waals surface area contributed by atoms with E-state index in [1.54, 1.807) is 22.8 Å². The number of pyridine rings is 1. The van der Waals surface area contributed by atoms with Crippen LogP contribution in [0.15, 0.2) is 18.3 Å². The fourth-order valence-corrected chi connectivity index (χ4v) is 2.21. The molecule has 0 aliphatic carbocycles. The Morgan fingerprint density at radius 2 is 2.41 bits per heavy atom. The molecule has 5 nitrogen and oxygen atoms in total. The second-order valence-corrected chi connectivity index (χ2v) is 4.35. The highest BCUT2D eigenvalue weighted by atomic mass is 16.1. The maximum atomic E-state index is 10.7. The number of nitrogens with zero attached hydrogens (tertiary/aromatic N) is 3. The number of piperidine rings is 1. The predicted octanol–water partition coefficient (Wildman–Crippen LogP) is 1.36. The number of rotatable bonds is 2. The molecule has 17 heavy (non-hydrogen) atoms. The van der Waals surface area contributed by atoms with Crippen molar-refractivity contribution in [3.05, 3.63) is 29.7 Å². The third kappa shape index (κ3) is 1.93. The number of hydrogen-bond acceptors (Lipinski definition) is 4. The summed E-state index contributed by atoms with van der Waals surface area (Å²) < 4.78 is 1.72. The standard InChI is InChI=1S/C12H14N4O/c17-8-9-4-6-16-11(7-9)14-12(15-16)10-3-1-2-5-13-10/h4,6-8,10,13H,1-3,5H2. The summed E-state index contributed by atoms with van der Waals surface area (Å²) in [6.45, 7) is 1.03. The third-order valence-corrected chi connectivity index (χ3v) is 3.14. The Bertz CT molecular complexity index is 542. The van der Waals surface area contributed by atoms with Gasteiger partial charge in [0.25, 0.3) is 0 Å². The minimum atomic E-state index is 0.253. The molecule has 0 aromatic carbocycles. The number of hydrogen-bond donors (Lipinski definition) is 1. The molecule has 0 spiro atoms. The van der Waals surface area contributed by atoms with E-state index < -0.39 is 0 Å². The van der Waals surface area contributed by atoms with E-state index in [0.29, 0.717) is 5.56 Å². The van der Waals surface area contributed by atoms with Gasteiger partial charge in [-0.2, -0.15) is 0 Å². The minimum absolute atomic E-state index is 0.253. The second kappa shape index (κ2) is 4.25. The Labute approximate surface area is 98.9 Å². The molecule has 0 radical (unpaired) electrons. The Kier molecular flexibility index (Phi) is 2.60. The van der Waals surface area contributed by atoms with Crippen molar-refractivity contribution >= 4 is 11.9 Å². The molecule has 2 aromatic heterocycles. The normalized spacial score (nSPS) is 20.6. The fourth-order valence-electron chi connectivity index (χ4n) is 2.21. The van der Waals surface area contributed by atoms with Crippen molar-refractivity contribution < 1.29 is 4.79 Å². The molecule has 1 N–H and O–H groups in total. The van der Waals surface area contributed by atoms with Gasteiger partial charge in [-0.1, -0.05) is 6.42 Å². The zero-order valence-electron chi connectivity index (χ0n) is 9.47. The zero-order valence-corrected chi connectivity index (χ0v) is 9.47. The highest BCUT2D eigenvalue weighted by molar-refractivity contribution is 5.76. The van der Waals surface area contributed by atoms with Gasteiger partial charge in [0.1, 0.15) is 6.29 Å². The average molecular weight is 230 g/mol. The monoisotopic (exact) mass is 230 g/mol. The lowest BCUT2D eigenvalue weighted by atomic mass is 10.0. The molecule has 0 saturated carbocycles. The first-order valence-electron chi connectivity index (χ1n) is 5.92. The molecule has 5 heteroatoms. The van der Waals surface area contributed by atoms with Crippen LogP contribution in [0.3, 0.4) is 0 Å². The minimum Gasteiger partial charge on any atom is -0.307 e. The Morgan fingerprint density at radius 1 is 1.47 bits per heavy atom. The van der Waals surface area contributed by atoms with Crippen molar-refractivity contribution in [3.63, 3.8) is 0 Å². The van der Waals surface area contributed by atoms with E-state index >= 15 is 0 Å². The third-order valence-electron chi connectivity index (χ3n) is 3.14. The highest BCUT2D eigenvalue weighted by Gasteiger charge is 2.19. The summed E-state index contributed by atoms with van der Waals surface area (Å²) >= 11 is 0. The summed E-state index contributed by atoms with van der Waals surface area (Å²) in [4.78, 5) is 15.2. The second-order valence-electron chi connectivity index (χ2n) is 4.35. The first-order valence-corrected chi connectivity index (χ1v) is 5.92. The van der Waals surface area contributed by atoms with Gasteiger partial charge in [0.2, 0.25) is 0 Å². The zero-order chi connectivity index (χ0) is 11.7. The number of carbonyl (C=O) groups is 1. The van der Waals surface area contributed by atoms with Crippen molar-refractivity contribution in [3.8, 4) is 0 Å². The number of aromatic nitrogens is 3. The maximum absolute atomic E-state index is 10.7. The van der Waals surface area contributed by atoms with Crippen LogP contribution in [-0.4, -0.2) is 27.4 Å². The molecule has 1 aliphatic rings. The number of fused-ring (bicyclic) bond motifs is 1. The van der Waals surface area contributed by atoms with Gasteiger partial charge in [-0.05, 0) is 31.5 Å². The van der Waals surface area contributed by atoms with E-state index in [2.05, 4.69) is 15.4 Å². The van der Waals surface area contributed by atoms with Crippen LogP contribution >= 0.6 is 0 Å². The molecular weight excluding hydrogens is 216 g/mol. The molecule has 3 rings (SSSR count). The van der Waals surface area contributed by atoms with E-state index in [1.807, 2.05) is 0 Å². The number of carbonyl (C=O) groups excluding carboxylic acids is 1. The number of aldehydes is 1. The van der Waals surface area contributed by atoms with Crippen molar-refractivity contribution in [1.82, 2.24) is 19.9 Å². The van der Waals surface area contributed by atoms with Crippen LogP contribution < -0.4 is 5.32 Å². The first kappa shape index (κ1) is 10.4. The maximum Gasteiger partial charge on any atom is 0.168 e. The molecular formula is C12H14N4O. The summed E-state index contributed by atoms with van der Waals surface area (Å²) in [5, 5.41) is 7.86. The summed E-state index contributed by atoms with van der Waals surface area (Å²) in [5.74, 6) is 0.827. The van der Waals surface area contributed by atoms with Gasteiger partial charge in [0.05, 0.1) is 6.04 Å². The summed E-state index contributed by atoms with van der Waals surface area (Å²) in [6, 6.07) is 3.75. The first-order chi connectivity index (χ1) is 8.36. The van der Waals surface area contributed by atoms with Crippen molar-refractivity contribution in [1.29, 1.82) is 0 Å². The quantitative estimate of drug-likeness (QED) is 0.791. The van der Waals surface area contributed by atoms with E-state index in [-0.39, 0.29) is 6.04 Å². The molecule has 2 aromatic rings. The molecule has 1 saturated heterocycles. The topological polar surface area (TPSA) is 59.3 Å². The lowest BCUT2D eigenvalue weighted by Crippen LogP contribution is -2.27. The Balaban J connectivity index is 1.97. The van der Waals surface area contributed by atoms with Gasteiger partial charge < -0.3 is 5.32 Å². The van der Waals surface area contributed by atoms with Crippen LogP contribution in [0.4, 0.5) is 0 Å². The molecule has 0 amide bonds. The fraction of sp³-hybridized carbons (Fsp3) is 0.417. The van der Waals surface area contributed by atoms with Crippen LogP contribution in [0.1, 0.15) is 41.5 Å². The van der Waals surface area contributed by atoms with Crippen LogP contribution in [0.2, 0.25) is 0 Å². The van der Waals surface area contributed by atoms with Gasteiger partial charge in [-0.25, -0.2) is 9.50 Å². The van der Waals surface area contributed by atoms with Crippen LogP contribution in [0, 0.1) is 0 Å². The molecule has 0 bridgehead atoms. The summed E-state index contributed by atoms with van der Waals surface area (Å²) in [6.07, 6.45) is 6.12.